The zero-order chi connectivity index (χ0) is 13.2. The van der Waals surface area contributed by atoms with E-state index in [4.69, 9.17) is 12.2 Å². The van der Waals surface area contributed by atoms with E-state index in [0.717, 1.165) is 11.4 Å². The maximum atomic E-state index is 12.2. The summed E-state index contributed by atoms with van der Waals surface area (Å²) in [5, 5.41) is 0.530. The Kier molecular flexibility index (Phi) is 4.94. The van der Waals surface area contributed by atoms with E-state index >= 15 is 0 Å². The van der Waals surface area contributed by atoms with Crippen molar-refractivity contribution >= 4 is 64.2 Å². The average Bonchev–Trinajstić information content (AvgIpc) is 2.76. The van der Waals surface area contributed by atoms with Gasteiger partial charge < -0.3 is 4.90 Å². The van der Waals surface area contributed by atoms with Crippen LogP contribution in [0.5, 0.6) is 0 Å². The summed E-state index contributed by atoms with van der Waals surface area (Å²) in [5.41, 5.74) is 1.76. The number of hydrogen-bond donors (Lipinski definition) is 0. The fraction of sp³-hybridized carbons (Fsp3) is 0.0667. The van der Waals surface area contributed by atoms with Crippen LogP contribution in [0.2, 0.25) is 0 Å². The predicted octanol–water partition coefficient (Wildman–Crippen LogP) is 2.44. The second-order valence-corrected chi connectivity index (χ2v) is 4.63. The molecule has 3 rings (SSSR count). The van der Waals surface area contributed by atoms with Crippen molar-refractivity contribution in [2.24, 2.45) is 0 Å². The van der Waals surface area contributed by atoms with E-state index in [1.165, 1.54) is 0 Å². The minimum Gasteiger partial charge on any atom is -0.309 e. The van der Waals surface area contributed by atoms with Gasteiger partial charge in [0.05, 0.1) is 5.69 Å². The molecule has 0 unspecified atom stereocenters. The number of nitrogens with zero attached hydrogens (tertiary/aromatic N) is 2. The monoisotopic (exact) mass is 291 g/mol. The number of thiocarbonyl (C=S) groups is 1. The Bertz CT molecular complexity index is 618. The molecule has 2 aromatic rings. The summed E-state index contributed by atoms with van der Waals surface area (Å²) in [4.78, 5) is 15.6. The number of anilines is 2. The van der Waals surface area contributed by atoms with Gasteiger partial charge in [-0.3, -0.25) is 9.69 Å². The molecule has 1 heterocycles. The van der Waals surface area contributed by atoms with Crippen LogP contribution in [0.25, 0.3) is 0 Å². The van der Waals surface area contributed by atoms with Gasteiger partial charge >= 0.3 is 0 Å². The molecule has 95 valence electrons. The molecule has 1 aliphatic heterocycles. The van der Waals surface area contributed by atoms with Gasteiger partial charge in [-0.25, -0.2) is 0 Å². The maximum Gasteiger partial charge on any atom is 0.253 e. The van der Waals surface area contributed by atoms with Gasteiger partial charge in [0, 0.05) is 35.2 Å². The van der Waals surface area contributed by atoms with Gasteiger partial charge in [0.1, 0.15) is 6.54 Å². The molecule has 20 heavy (non-hydrogen) atoms. The molecule has 2 aromatic carbocycles. The van der Waals surface area contributed by atoms with Crippen molar-refractivity contribution in [2.45, 2.75) is 0 Å². The molecular formula is C15H12N2NaOS. The first-order valence-corrected chi connectivity index (χ1v) is 6.43. The molecule has 1 radical (unpaired) electrons. The molecule has 0 aliphatic carbocycles. The van der Waals surface area contributed by atoms with Crippen molar-refractivity contribution in [1.82, 2.24) is 0 Å². The number of rotatable bonds is 2. The Hall–Kier alpha value is -1.20. The average molecular weight is 291 g/mol. The van der Waals surface area contributed by atoms with Crippen LogP contribution in [0.3, 0.4) is 0 Å². The normalized spacial score (nSPS) is 14.4. The van der Waals surface area contributed by atoms with Crippen LogP contribution in [-0.2, 0) is 4.79 Å². The Morgan fingerprint density at radius 2 is 1.35 bits per heavy atom. The second-order valence-electron chi connectivity index (χ2n) is 4.27. The maximum absolute atomic E-state index is 12.2. The number of hydrogen-bond acceptors (Lipinski definition) is 2. The third-order valence-electron chi connectivity index (χ3n) is 3.05. The molecule has 0 bridgehead atoms. The van der Waals surface area contributed by atoms with E-state index in [2.05, 4.69) is 0 Å². The first-order chi connectivity index (χ1) is 9.27. The number of carbonyl (C=O) groups is 1. The van der Waals surface area contributed by atoms with Gasteiger partial charge in [-0.1, -0.05) is 36.4 Å². The van der Waals surface area contributed by atoms with Gasteiger partial charge in [0.25, 0.3) is 5.91 Å². The summed E-state index contributed by atoms with van der Waals surface area (Å²) >= 11 is 5.43. The zero-order valence-electron chi connectivity index (χ0n) is 11.2. The largest absolute Gasteiger partial charge is 0.309 e. The number of para-hydroxylation sites is 2. The number of amides is 1. The molecule has 0 atom stereocenters. The minimum absolute atomic E-state index is 0. The van der Waals surface area contributed by atoms with E-state index in [1.54, 1.807) is 4.90 Å². The van der Waals surface area contributed by atoms with Crippen LogP contribution in [0.4, 0.5) is 11.4 Å². The third-order valence-corrected chi connectivity index (χ3v) is 3.45. The van der Waals surface area contributed by atoms with Gasteiger partial charge in [-0.05, 0) is 36.5 Å². The fourth-order valence-corrected chi connectivity index (χ4v) is 2.52. The van der Waals surface area contributed by atoms with Crippen LogP contribution in [-0.4, -0.2) is 47.1 Å². The SMILES string of the molecule is O=C1CN(c2ccccc2)C(=S)N1c1ccccc1.[Na]. The molecule has 5 heteroatoms. The van der Waals surface area contributed by atoms with E-state index in [0.29, 0.717) is 5.11 Å². The van der Waals surface area contributed by atoms with E-state index in [1.807, 2.05) is 65.6 Å². The topological polar surface area (TPSA) is 23.6 Å². The first kappa shape index (κ1) is 15.2. The number of carbonyl (C=O) groups excluding carboxylic acids is 1. The van der Waals surface area contributed by atoms with Crippen molar-refractivity contribution in [3.05, 3.63) is 60.7 Å². The predicted molar refractivity (Wildman–Crippen MR) is 86.1 cm³/mol. The van der Waals surface area contributed by atoms with Gasteiger partial charge in [-0.2, -0.15) is 0 Å². The van der Waals surface area contributed by atoms with Crippen molar-refractivity contribution in [2.75, 3.05) is 16.3 Å². The van der Waals surface area contributed by atoms with Crippen LogP contribution in [0.15, 0.2) is 60.7 Å². The molecule has 1 saturated heterocycles. The first-order valence-electron chi connectivity index (χ1n) is 6.02. The molecule has 0 saturated carbocycles. The zero-order valence-corrected chi connectivity index (χ0v) is 14.0. The van der Waals surface area contributed by atoms with Crippen LogP contribution in [0.1, 0.15) is 0 Å². The van der Waals surface area contributed by atoms with Gasteiger partial charge in [0.15, 0.2) is 5.11 Å². The summed E-state index contributed by atoms with van der Waals surface area (Å²) in [6.45, 7) is 0.289. The molecule has 0 N–H and O–H groups in total. The molecule has 1 aliphatic rings. The minimum atomic E-state index is 0. The summed E-state index contributed by atoms with van der Waals surface area (Å²) in [6.07, 6.45) is 0. The van der Waals surface area contributed by atoms with Crippen LogP contribution in [0, 0.1) is 0 Å². The summed E-state index contributed by atoms with van der Waals surface area (Å²) in [5.74, 6) is 0.0000491. The molecule has 1 amide bonds. The summed E-state index contributed by atoms with van der Waals surface area (Å²) in [6, 6.07) is 19.2. The van der Waals surface area contributed by atoms with E-state index < -0.39 is 0 Å². The van der Waals surface area contributed by atoms with E-state index in [-0.39, 0.29) is 42.0 Å². The number of benzene rings is 2. The second kappa shape index (κ2) is 6.50. The Labute approximate surface area is 145 Å². The molecule has 1 fully saturated rings. The summed E-state index contributed by atoms with van der Waals surface area (Å²) < 4.78 is 0. The standard InChI is InChI=1S/C15H12N2OS.Na/c18-14-11-16(12-7-3-1-4-8-12)15(19)17(14)13-9-5-2-6-10-13;/h1-10H,11H2;. The Morgan fingerprint density at radius 1 is 0.850 bits per heavy atom. The van der Waals surface area contributed by atoms with E-state index in [9.17, 15) is 4.79 Å². The Morgan fingerprint density at radius 3 is 1.90 bits per heavy atom. The van der Waals surface area contributed by atoms with Crippen molar-refractivity contribution in [3.63, 3.8) is 0 Å². The molecule has 0 spiro atoms. The third kappa shape index (κ3) is 2.79. The molecule has 3 nitrogen and oxygen atoms in total. The fourth-order valence-electron chi connectivity index (χ4n) is 2.14. The van der Waals surface area contributed by atoms with Crippen molar-refractivity contribution in [3.8, 4) is 0 Å². The van der Waals surface area contributed by atoms with Crippen molar-refractivity contribution < 1.29 is 4.79 Å². The smallest absolute Gasteiger partial charge is 0.253 e. The Balaban J connectivity index is 0.00000147. The van der Waals surface area contributed by atoms with Crippen molar-refractivity contribution in [1.29, 1.82) is 0 Å². The van der Waals surface area contributed by atoms with Crippen LogP contribution < -0.4 is 9.80 Å². The van der Waals surface area contributed by atoms with Gasteiger partial charge in [0.2, 0.25) is 0 Å². The molecular weight excluding hydrogens is 279 g/mol. The molecule has 0 aromatic heterocycles. The van der Waals surface area contributed by atoms with Crippen LogP contribution >= 0.6 is 12.2 Å². The van der Waals surface area contributed by atoms with Gasteiger partial charge in [-0.15, -0.1) is 0 Å². The summed E-state index contributed by atoms with van der Waals surface area (Å²) in [7, 11) is 0. The quantitative estimate of drug-likeness (QED) is 0.627.